The Labute approximate surface area is 184 Å². The van der Waals surface area contributed by atoms with Crippen LogP contribution in [0.25, 0.3) is 11.1 Å². The van der Waals surface area contributed by atoms with E-state index in [1.807, 2.05) is 48.5 Å². The van der Waals surface area contributed by atoms with Crippen LogP contribution in [0.4, 0.5) is 5.69 Å². The van der Waals surface area contributed by atoms with E-state index in [0.29, 0.717) is 16.6 Å². The smallest absolute Gasteiger partial charge is 0.282 e. The topological polar surface area (TPSA) is 67.4 Å². The van der Waals surface area contributed by atoms with Crippen molar-refractivity contribution in [3.05, 3.63) is 75.7 Å². The van der Waals surface area contributed by atoms with Gasteiger partial charge in [-0.15, -0.1) is 10.2 Å². The van der Waals surface area contributed by atoms with Gasteiger partial charge in [0.2, 0.25) is 5.01 Å². The number of rotatable bonds is 6. The average Bonchev–Trinajstić information content (AvgIpc) is 3.30. The van der Waals surface area contributed by atoms with Crippen LogP contribution >= 0.6 is 22.9 Å². The number of carbonyl (C=O) groups is 1. The monoisotopic (exact) mass is 440 g/mol. The molecule has 0 unspecified atom stereocenters. The van der Waals surface area contributed by atoms with Gasteiger partial charge in [0.1, 0.15) is 0 Å². The molecule has 3 aromatic rings. The zero-order valence-electron chi connectivity index (χ0n) is 16.3. The molecule has 30 heavy (non-hydrogen) atoms. The number of carbonyl (C=O) groups excluding carboxylic acids is 1. The van der Waals surface area contributed by atoms with Crippen LogP contribution in [-0.4, -0.2) is 42.4 Å². The number of anilines is 1. The van der Waals surface area contributed by atoms with E-state index in [2.05, 4.69) is 32.5 Å². The fraction of sp³-hybridized carbons (Fsp3) is 0.227. The van der Waals surface area contributed by atoms with Crippen LogP contribution in [-0.2, 0) is 11.3 Å². The van der Waals surface area contributed by atoms with Crippen LogP contribution in [0.1, 0.15) is 25.9 Å². The number of halogens is 1. The zero-order chi connectivity index (χ0) is 20.8. The van der Waals surface area contributed by atoms with Crippen LogP contribution in [0.5, 0.6) is 0 Å². The Kier molecular flexibility index (Phi) is 6.74. The molecule has 0 radical (unpaired) electrons. The summed E-state index contributed by atoms with van der Waals surface area (Å²) < 4.78 is 5.39. The summed E-state index contributed by atoms with van der Waals surface area (Å²) in [6.45, 7) is 3.75. The van der Waals surface area contributed by atoms with Gasteiger partial charge in [-0.05, 0) is 29.3 Å². The lowest BCUT2D eigenvalue weighted by Gasteiger charge is -2.28. The second-order valence-electron chi connectivity index (χ2n) is 6.76. The second-order valence-corrected chi connectivity index (χ2v) is 8.15. The molecule has 6 nitrogen and oxygen atoms in total. The molecule has 8 heteroatoms. The fourth-order valence-electron chi connectivity index (χ4n) is 3.08. The number of hydrogen-bond donors (Lipinski definition) is 1. The van der Waals surface area contributed by atoms with Crippen molar-refractivity contribution in [2.75, 3.05) is 31.2 Å². The van der Waals surface area contributed by atoms with Crippen molar-refractivity contribution in [1.82, 2.24) is 15.5 Å². The largest absolute Gasteiger partial charge is 0.378 e. The molecule has 1 aliphatic rings. The van der Waals surface area contributed by atoms with Crippen molar-refractivity contribution in [3.63, 3.8) is 0 Å². The van der Waals surface area contributed by atoms with Gasteiger partial charge >= 0.3 is 0 Å². The maximum atomic E-state index is 12.3. The normalized spacial score (nSPS) is 14.6. The minimum Gasteiger partial charge on any atom is -0.378 e. The molecule has 1 N–H and O–H groups in total. The summed E-state index contributed by atoms with van der Waals surface area (Å²) >= 11 is 7.60. The van der Waals surface area contributed by atoms with Gasteiger partial charge in [-0.3, -0.25) is 4.79 Å². The first-order chi connectivity index (χ1) is 14.7. The van der Waals surface area contributed by atoms with Gasteiger partial charge in [-0.1, -0.05) is 65.4 Å². The molecule has 1 aromatic heterocycles. The van der Waals surface area contributed by atoms with Crippen LogP contribution in [0, 0.1) is 0 Å². The number of nitrogens with zero attached hydrogens (tertiary/aromatic N) is 3. The highest BCUT2D eigenvalue weighted by Gasteiger charge is 2.15. The molecule has 1 amide bonds. The van der Waals surface area contributed by atoms with Gasteiger partial charge in [-0.25, -0.2) is 0 Å². The molecular formula is C22H21ClN4O2S. The van der Waals surface area contributed by atoms with Crippen molar-refractivity contribution in [1.29, 1.82) is 0 Å². The first-order valence-corrected chi connectivity index (χ1v) is 10.8. The first kappa shape index (κ1) is 20.5. The number of nitrogens with one attached hydrogen (secondary N) is 1. The number of amides is 1. The molecule has 0 aliphatic carbocycles. The highest BCUT2D eigenvalue weighted by atomic mass is 35.5. The van der Waals surface area contributed by atoms with Crippen molar-refractivity contribution < 1.29 is 9.53 Å². The average molecular weight is 441 g/mol. The lowest BCUT2D eigenvalue weighted by molar-refractivity contribution is 0.0950. The predicted octanol–water partition coefficient (Wildman–Crippen LogP) is 4.04. The Morgan fingerprint density at radius 2 is 1.77 bits per heavy atom. The number of aromatic nitrogens is 2. The number of morpholine rings is 1. The van der Waals surface area contributed by atoms with Crippen molar-refractivity contribution in [2.45, 2.75) is 6.54 Å². The van der Waals surface area contributed by atoms with E-state index >= 15 is 0 Å². The van der Waals surface area contributed by atoms with Crippen molar-refractivity contribution >= 4 is 45.6 Å². The van der Waals surface area contributed by atoms with Crippen LogP contribution < -0.4 is 10.2 Å². The van der Waals surface area contributed by atoms with E-state index in [4.69, 9.17) is 16.3 Å². The molecule has 0 spiro atoms. The molecule has 0 saturated carbocycles. The molecule has 1 saturated heterocycles. The molecule has 154 valence electrons. The first-order valence-electron chi connectivity index (χ1n) is 9.65. The van der Waals surface area contributed by atoms with Gasteiger partial charge in [0.15, 0.2) is 5.01 Å². The summed E-state index contributed by atoms with van der Waals surface area (Å²) in [4.78, 5) is 14.6. The SMILES string of the molecule is O=C(NCc1ccccc1)c1nnc(/C(Cl)=C/c2ccc(N3CCOCC3)cc2)s1. The van der Waals surface area contributed by atoms with Crippen LogP contribution in [0.3, 0.4) is 0 Å². The maximum absolute atomic E-state index is 12.3. The zero-order valence-corrected chi connectivity index (χ0v) is 17.8. The van der Waals surface area contributed by atoms with Crippen molar-refractivity contribution in [2.24, 2.45) is 0 Å². The maximum Gasteiger partial charge on any atom is 0.282 e. The molecule has 2 heterocycles. The fourth-order valence-corrected chi connectivity index (χ4v) is 4.02. The summed E-state index contributed by atoms with van der Waals surface area (Å²) in [6.07, 6.45) is 1.83. The highest BCUT2D eigenvalue weighted by molar-refractivity contribution is 7.15. The predicted molar refractivity (Wildman–Crippen MR) is 121 cm³/mol. The van der Waals surface area contributed by atoms with Gasteiger partial charge in [0.05, 0.1) is 18.2 Å². The molecule has 4 rings (SSSR count). The lowest BCUT2D eigenvalue weighted by Crippen LogP contribution is -2.36. The van der Waals surface area contributed by atoms with E-state index in [1.165, 1.54) is 17.0 Å². The standard InChI is InChI=1S/C22H21ClN4O2S/c23-19(14-16-6-8-18(9-7-16)27-10-12-29-13-11-27)21-25-26-22(30-21)20(28)24-15-17-4-2-1-3-5-17/h1-9,14H,10-13,15H2,(H,24,28)/b19-14-. The molecule has 1 fully saturated rings. The third-order valence-electron chi connectivity index (χ3n) is 4.68. The third-order valence-corrected chi connectivity index (χ3v) is 6.04. The number of benzene rings is 2. The van der Waals surface area contributed by atoms with Gasteiger partial charge in [0, 0.05) is 25.3 Å². The summed E-state index contributed by atoms with van der Waals surface area (Å²) in [5, 5.41) is 12.1. The van der Waals surface area contributed by atoms with Crippen molar-refractivity contribution in [3.8, 4) is 0 Å². The second kappa shape index (κ2) is 9.84. The molecule has 0 atom stereocenters. The Morgan fingerprint density at radius 3 is 2.50 bits per heavy atom. The Hall–Kier alpha value is -2.74. The van der Waals surface area contributed by atoms with Gasteiger partial charge in [0.25, 0.3) is 5.91 Å². The van der Waals surface area contributed by atoms with Crippen LogP contribution in [0.2, 0.25) is 0 Å². The Balaban J connectivity index is 1.38. The number of hydrogen-bond acceptors (Lipinski definition) is 6. The molecule has 0 bridgehead atoms. The Morgan fingerprint density at radius 1 is 1.07 bits per heavy atom. The van der Waals surface area contributed by atoms with Gasteiger partial charge in [-0.2, -0.15) is 0 Å². The van der Waals surface area contributed by atoms with E-state index in [0.717, 1.165) is 37.4 Å². The quantitative estimate of drug-likeness (QED) is 0.626. The molecular weight excluding hydrogens is 420 g/mol. The lowest BCUT2D eigenvalue weighted by atomic mass is 10.1. The van der Waals surface area contributed by atoms with E-state index in [-0.39, 0.29) is 10.9 Å². The highest BCUT2D eigenvalue weighted by Crippen LogP contribution is 2.26. The van der Waals surface area contributed by atoms with E-state index < -0.39 is 0 Å². The minimum absolute atomic E-state index is 0.262. The Bertz CT molecular complexity index is 1020. The van der Waals surface area contributed by atoms with E-state index in [1.54, 1.807) is 0 Å². The summed E-state index contributed by atoms with van der Waals surface area (Å²) in [7, 11) is 0. The van der Waals surface area contributed by atoms with E-state index in [9.17, 15) is 4.79 Å². The number of ether oxygens (including phenoxy) is 1. The minimum atomic E-state index is -0.262. The third kappa shape index (κ3) is 5.24. The molecule has 1 aliphatic heterocycles. The summed E-state index contributed by atoms with van der Waals surface area (Å²) in [5.74, 6) is -0.262. The summed E-state index contributed by atoms with van der Waals surface area (Å²) in [5.41, 5.74) is 3.15. The molecule has 2 aromatic carbocycles. The summed E-state index contributed by atoms with van der Waals surface area (Å²) in [6, 6.07) is 17.9. The van der Waals surface area contributed by atoms with Crippen LogP contribution in [0.15, 0.2) is 54.6 Å². The van der Waals surface area contributed by atoms with Gasteiger partial charge < -0.3 is 15.0 Å².